The van der Waals surface area contributed by atoms with Gasteiger partial charge >= 0.3 is 0 Å². The first kappa shape index (κ1) is 20.6. The number of aromatic nitrogens is 1. The summed E-state index contributed by atoms with van der Waals surface area (Å²) in [5.74, 6) is -0.231. The average molecular weight is 405 g/mol. The fourth-order valence-electron chi connectivity index (χ4n) is 3.52. The molecule has 1 aliphatic carbocycles. The van der Waals surface area contributed by atoms with Gasteiger partial charge in [-0.15, -0.1) is 11.3 Å². The lowest BCUT2D eigenvalue weighted by Gasteiger charge is -2.38. The second-order valence-corrected chi connectivity index (χ2v) is 9.25. The third-order valence-corrected chi connectivity index (χ3v) is 6.06. The molecule has 0 saturated carbocycles. The van der Waals surface area contributed by atoms with Gasteiger partial charge in [0.05, 0.1) is 5.69 Å². The Bertz CT molecular complexity index is 845. The predicted octanol–water partition coefficient (Wildman–Crippen LogP) is 4.07. The molecule has 5 nitrogen and oxygen atoms in total. The van der Waals surface area contributed by atoms with Gasteiger partial charge in [0.1, 0.15) is 11.9 Å². The van der Waals surface area contributed by atoms with Gasteiger partial charge in [0, 0.05) is 29.1 Å². The van der Waals surface area contributed by atoms with Gasteiger partial charge < -0.3 is 20.1 Å². The second kappa shape index (κ2) is 8.47. The third kappa shape index (κ3) is 4.82. The zero-order valence-corrected chi connectivity index (χ0v) is 17.5. The van der Waals surface area contributed by atoms with E-state index in [1.54, 1.807) is 17.4 Å². The number of benzene rings is 1. The molecule has 1 aliphatic rings. The molecule has 0 unspecified atom stereocenters. The number of carbonyl (C=O) groups excluding carboxylic acids is 1. The predicted molar refractivity (Wildman–Crippen MR) is 109 cm³/mol. The Morgan fingerprint density at radius 2 is 2.11 bits per heavy atom. The van der Waals surface area contributed by atoms with Gasteiger partial charge in [-0.2, -0.15) is 0 Å². The van der Waals surface area contributed by atoms with Crippen LogP contribution in [0.1, 0.15) is 50.5 Å². The van der Waals surface area contributed by atoms with E-state index in [0.29, 0.717) is 13.1 Å². The maximum absolute atomic E-state index is 13.7. The van der Waals surface area contributed by atoms with Crippen molar-refractivity contribution in [2.24, 2.45) is 0 Å². The van der Waals surface area contributed by atoms with Gasteiger partial charge in [-0.1, -0.05) is 6.07 Å². The molecule has 3 rings (SSSR count). The molecule has 1 aromatic carbocycles. The Morgan fingerprint density at radius 3 is 2.82 bits per heavy atom. The van der Waals surface area contributed by atoms with Crippen molar-refractivity contribution in [3.05, 3.63) is 34.5 Å². The van der Waals surface area contributed by atoms with Crippen LogP contribution in [0, 0.1) is 5.82 Å². The molecular weight excluding hydrogens is 377 g/mol. The van der Waals surface area contributed by atoms with Gasteiger partial charge in [0.15, 0.2) is 5.13 Å². The van der Waals surface area contributed by atoms with Crippen LogP contribution in [-0.2, 0) is 12.8 Å². The van der Waals surface area contributed by atoms with Gasteiger partial charge in [-0.3, -0.25) is 0 Å². The minimum absolute atomic E-state index is 0.231. The minimum atomic E-state index is -1.13. The van der Waals surface area contributed by atoms with E-state index in [9.17, 15) is 14.3 Å². The Kier molecular flexibility index (Phi) is 6.23. The summed E-state index contributed by atoms with van der Waals surface area (Å²) in [4.78, 5) is 18.5. The van der Waals surface area contributed by atoms with E-state index < -0.39 is 11.6 Å². The van der Waals surface area contributed by atoms with E-state index in [0.717, 1.165) is 54.1 Å². The van der Waals surface area contributed by atoms with Crippen LogP contribution in [0.5, 0.6) is 0 Å². The SMILES string of the molecule is CC(C)(C)N(CCCCNc1nc2c(s1)CCCc1ccc(F)cc1-2)C(=O)[O-]. The summed E-state index contributed by atoms with van der Waals surface area (Å²) >= 11 is 1.63. The fourth-order valence-corrected chi connectivity index (χ4v) is 4.57. The number of carbonyl (C=O) groups is 1. The molecule has 0 fully saturated rings. The van der Waals surface area contributed by atoms with Crippen LogP contribution >= 0.6 is 11.3 Å². The average Bonchev–Trinajstić information content (AvgIpc) is 2.93. The molecule has 1 amide bonds. The number of fused-ring (bicyclic) bond motifs is 3. The number of hydrogen-bond donors (Lipinski definition) is 1. The van der Waals surface area contributed by atoms with Crippen LogP contribution in [0.3, 0.4) is 0 Å². The Labute approximate surface area is 169 Å². The highest BCUT2D eigenvalue weighted by Crippen LogP contribution is 2.37. The molecule has 0 bridgehead atoms. The lowest BCUT2D eigenvalue weighted by atomic mass is 10.0. The topological polar surface area (TPSA) is 68.3 Å². The molecule has 152 valence electrons. The molecular formula is C21H27FN3O2S-. The monoisotopic (exact) mass is 404 g/mol. The van der Waals surface area contributed by atoms with E-state index in [1.807, 2.05) is 26.8 Å². The first-order valence-electron chi connectivity index (χ1n) is 9.76. The number of aryl methyl sites for hydroxylation is 2. The van der Waals surface area contributed by atoms with E-state index in [2.05, 4.69) is 5.32 Å². The van der Waals surface area contributed by atoms with E-state index in [1.165, 1.54) is 15.8 Å². The number of nitrogens with zero attached hydrogens (tertiary/aromatic N) is 2. The number of unbranched alkanes of at least 4 members (excludes halogenated alkanes) is 1. The van der Waals surface area contributed by atoms with Crippen molar-refractivity contribution in [3.8, 4) is 11.3 Å². The van der Waals surface area contributed by atoms with E-state index in [4.69, 9.17) is 4.98 Å². The van der Waals surface area contributed by atoms with Crippen LogP contribution in [0.25, 0.3) is 11.3 Å². The van der Waals surface area contributed by atoms with Crippen molar-refractivity contribution in [3.63, 3.8) is 0 Å². The third-order valence-electron chi connectivity index (χ3n) is 4.99. The summed E-state index contributed by atoms with van der Waals surface area (Å²) in [6, 6.07) is 4.97. The molecule has 7 heteroatoms. The molecule has 1 aromatic heterocycles. The van der Waals surface area contributed by atoms with Crippen molar-refractivity contribution < 1.29 is 14.3 Å². The molecule has 0 saturated heterocycles. The lowest BCUT2D eigenvalue weighted by Crippen LogP contribution is -2.51. The van der Waals surface area contributed by atoms with Crippen molar-refractivity contribution in [1.29, 1.82) is 0 Å². The quantitative estimate of drug-likeness (QED) is 0.737. The van der Waals surface area contributed by atoms with Crippen molar-refractivity contribution in [1.82, 2.24) is 9.88 Å². The van der Waals surface area contributed by atoms with Crippen LogP contribution < -0.4 is 10.4 Å². The van der Waals surface area contributed by atoms with Crippen molar-refractivity contribution in [2.45, 2.75) is 58.4 Å². The second-order valence-electron chi connectivity index (χ2n) is 8.17. The maximum Gasteiger partial charge on any atom is 0.183 e. The Hall–Kier alpha value is -2.15. The standard InChI is InChI=1S/C21H28FN3O2S/c1-21(2,3)25(20(26)27)12-5-4-11-23-19-24-18-16-13-15(22)10-9-14(16)7-6-8-17(18)28-19/h9-10,13H,4-8,11-12H2,1-3H3,(H,23,24)(H,26,27)/p-1. The Balaban J connectivity index is 1.58. The number of amides is 1. The molecule has 2 aromatic rings. The summed E-state index contributed by atoms with van der Waals surface area (Å²) in [6.07, 6.45) is 3.39. The molecule has 0 aliphatic heterocycles. The zero-order valence-electron chi connectivity index (χ0n) is 16.7. The largest absolute Gasteiger partial charge is 0.530 e. The van der Waals surface area contributed by atoms with Crippen LogP contribution in [-0.4, -0.2) is 34.6 Å². The highest BCUT2D eigenvalue weighted by molar-refractivity contribution is 7.16. The van der Waals surface area contributed by atoms with Crippen LogP contribution in [0.4, 0.5) is 14.3 Å². The van der Waals surface area contributed by atoms with Crippen LogP contribution in [0.15, 0.2) is 18.2 Å². The number of nitrogens with one attached hydrogen (secondary N) is 1. The number of hydrogen-bond acceptors (Lipinski definition) is 5. The van der Waals surface area contributed by atoms with Gasteiger partial charge in [0.2, 0.25) is 0 Å². The summed E-state index contributed by atoms with van der Waals surface area (Å²) in [5, 5.41) is 15.4. The van der Waals surface area contributed by atoms with Gasteiger partial charge in [-0.25, -0.2) is 9.37 Å². The minimum Gasteiger partial charge on any atom is -0.530 e. The molecule has 0 atom stereocenters. The molecule has 0 radical (unpaired) electrons. The molecule has 1 heterocycles. The number of thiazole rings is 1. The number of anilines is 1. The van der Waals surface area contributed by atoms with Gasteiger partial charge in [-0.05, 0) is 70.6 Å². The molecule has 28 heavy (non-hydrogen) atoms. The highest BCUT2D eigenvalue weighted by atomic mass is 32.1. The van der Waals surface area contributed by atoms with E-state index in [-0.39, 0.29) is 5.82 Å². The van der Waals surface area contributed by atoms with E-state index >= 15 is 0 Å². The summed E-state index contributed by atoms with van der Waals surface area (Å²) in [7, 11) is 0. The maximum atomic E-state index is 13.7. The van der Waals surface area contributed by atoms with Gasteiger partial charge in [0.25, 0.3) is 0 Å². The summed E-state index contributed by atoms with van der Waals surface area (Å²) in [6.45, 7) is 6.76. The zero-order chi connectivity index (χ0) is 20.3. The first-order chi connectivity index (χ1) is 13.3. The summed E-state index contributed by atoms with van der Waals surface area (Å²) < 4.78 is 13.7. The number of halogens is 1. The summed E-state index contributed by atoms with van der Waals surface area (Å²) in [5.41, 5.74) is 2.51. The fraction of sp³-hybridized carbons (Fsp3) is 0.524. The first-order valence-corrected chi connectivity index (χ1v) is 10.6. The number of rotatable bonds is 6. The molecule has 0 spiro atoms. The molecule has 1 N–H and O–H groups in total. The lowest BCUT2D eigenvalue weighted by molar-refractivity contribution is -0.270. The highest BCUT2D eigenvalue weighted by Gasteiger charge is 2.21. The van der Waals surface area contributed by atoms with Crippen molar-refractivity contribution >= 4 is 22.6 Å². The number of carboxylic acid groups (broad SMARTS) is 1. The van der Waals surface area contributed by atoms with Crippen molar-refractivity contribution in [2.75, 3.05) is 18.4 Å². The smallest absolute Gasteiger partial charge is 0.183 e. The van der Waals surface area contributed by atoms with Crippen LogP contribution in [0.2, 0.25) is 0 Å². The Morgan fingerprint density at radius 1 is 1.32 bits per heavy atom. The normalized spacial score (nSPS) is 13.4.